The second-order valence-electron chi connectivity index (χ2n) is 2.65. The van der Waals surface area contributed by atoms with Crippen molar-refractivity contribution in [2.24, 2.45) is 0 Å². The van der Waals surface area contributed by atoms with Crippen LogP contribution in [-0.4, -0.2) is 4.86 Å². The molecule has 0 saturated carbocycles. The summed E-state index contributed by atoms with van der Waals surface area (Å²) >= 11 is 5.12. The van der Waals surface area contributed by atoms with Gasteiger partial charge in [0.25, 0.3) is 0 Å². The molecule has 0 aromatic carbocycles. The van der Waals surface area contributed by atoms with Crippen LogP contribution in [0.5, 0.6) is 0 Å². The first-order valence-electron chi connectivity index (χ1n) is 3.41. The Balaban J connectivity index is 3.06. The van der Waals surface area contributed by atoms with E-state index in [4.69, 9.17) is 12.2 Å². The van der Waals surface area contributed by atoms with E-state index in [9.17, 15) is 0 Å². The molecule has 0 amide bonds. The number of thiocarbonyl (C=S) groups is 1. The summed E-state index contributed by atoms with van der Waals surface area (Å²) in [4.78, 5) is 1.04. The number of hydrogen-bond donors (Lipinski definition) is 0. The van der Waals surface area contributed by atoms with Crippen molar-refractivity contribution in [3.8, 4) is 0 Å². The molecule has 1 radical (unpaired) electrons. The van der Waals surface area contributed by atoms with Crippen LogP contribution in [0.3, 0.4) is 0 Å². The molecule has 10 heavy (non-hydrogen) atoms. The van der Waals surface area contributed by atoms with Gasteiger partial charge in [-0.3, -0.25) is 0 Å². The molecule has 0 N–H and O–H groups in total. The van der Waals surface area contributed by atoms with Gasteiger partial charge in [-0.05, 0) is 43.6 Å². The fraction of sp³-hybridized carbons (Fsp3) is 0.444. The molecular weight excluding hydrogens is 140 g/mol. The van der Waals surface area contributed by atoms with Crippen LogP contribution in [-0.2, 0) is 0 Å². The smallest absolute Gasteiger partial charge is 0.0228 e. The molecule has 0 aliphatic heterocycles. The van der Waals surface area contributed by atoms with E-state index in [1.807, 2.05) is 0 Å². The average Bonchev–Trinajstić information content (AvgIpc) is 1.93. The topological polar surface area (TPSA) is 0 Å². The van der Waals surface area contributed by atoms with E-state index in [-0.39, 0.29) is 0 Å². The van der Waals surface area contributed by atoms with E-state index >= 15 is 0 Å². The summed E-state index contributed by atoms with van der Waals surface area (Å²) in [6.07, 6.45) is 4.07. The van der Waals surface area contributed by atoms with Crippen molar-refractivity contribution in [3.63, 3.8) is 0 Å². The first-order valence-corrected chi connectivity index (χ1v) is 3.82. The van der Waals surface area contributed by atoms with Gasteiger partial charge >= 0.3 is 0 Å². The summed E-state index contributed by atoms with van der Waals surface area (Å²) in [7, 11) is 0. The minimum Gasteiger partial charge on any atom is -0.0843 e. The first-order chi connectivity index (χ1) is 4.63. The average molecular weight is 151 g/mol. The highest BCUT2D eigenvalue weighted by atomic mass is 32.1. The summed E-state index contributed by atoms with van der Waals surface area (Å²) < 4.78 is 0. The van der Waals surface area contributed by atoms with Gasteiger partial charge in [-0.15, -0.1) is 0 Å². The van der Waals surface area contributed by atoms with Crippen molar-refractivity contribution in [1.82, 2.24) is 0 Å². The quantitative estimate of drug-likeness (QED) is 0.480. The third-order valence-electron chi connectivity index (χ3n) is 2.06. The normalized spacial score (nSPS) is 19.5. The van der Waals surface area contributed by atoms with Crippen LogP contribution in [0.15, 0.2) is 16.7 Å². The number of allylic oxidation sites excluding steroid dienone is 4. The molecule has 0 atom stereocenters. The Labute approximate surface area is 67.6 Å². The predicted molar refractivity (Wildman–Crippen MR) is 48.0 cm³/mol. The highest BCUT2D eigenvalue weighted by Crippen LogP contribution is 2.21. The largest absolute Gasteiger partial charge is 0.0843 e. The van der Waals surface area contributed by atoms with E-state index in [0.717, 1.165) is 11.3 Å². The van der Waals surface area contributed by atoms with E-state index in [0.29, 0.717) is 0 Å². The monoisotopic (exact) mass is 151 g/mol. The van der Waals surface area contributed by atoms with Crippen molar-refractivity contribution in [1.29, 1.82) is 0 Å². The molecule has 1 rings (SSSR count). The first kappa shape index (κ1) is 7.67. The maximum Gasteiger partial charge on any atom is 0.0228 e. The van der Waals surface area contributed by atoms with Gasteiger partial charge in [-0.2, -0.15) is 0 Å². The molecular formula is C9H11S. The molecule has 0 aromatic rings. The fourth-order valence-electron chi connectivity index (χ4n) is 0.968. The van der Waals surface area contributed by atoms with Crippen LogP contribution < -0.4 is 0 Å². The van der Waals surface area contributed by atoms with Gasteiger partial charge in [-0.1, -0.05) is 12.2 Å². The van der Waals surface area contributed by atoms with Gasteiger partial charge in [-0.25, -0.2) is 0 Å². The van der Waals surface area contributed by atoms with Crippen LogP contribution in [0, 0.1) is 6.08 Å². The second-order valence-corrected chi connectivity index (χ2v) is 3.14. The lowest BCUT2D eigenvalue weighted by Gasteiger charge is -2.13. The summed E-state index contributed by atoms with van der Waals surface area (Å²) in [5, 5.41) is 0. The van der Waals surface area contributed by atoms with Gasteiger partial charge < -0.3 is 0 Å². The van der Waals surface area contributed by atoms with E-state index in [2.05, 4.69) is 26.8 Å². The molecule has 53 valence electrons. The zero-order valence-electron chi connectivity index (χ0n) is 6.62. The third kappa shape index (κ3) is 1.19. The second kappa shape index (κ2) is 2.67. The van der Waals surface area contributed by atoms with Gasteiger partial charge in [0.05, 0.1) is 0 Å². The Morgan fingerprint density at radius 3 is 2.30 bits per heavy atom. The molecule has 0 fully saturated rings. The van der Waals surface area contributed by atoms with E-state index < -0.39 is 0 Å². The van der Waals surface area contributed by atoms with Gasteiger partial charge in [0.1, 0.15) is 0 Å². The standard InChI is InChI=1S/C9H11S/c1-6-4-5-9(10)8(3)7(6)2/h5H2,1-3H3. The Kier molecular flexibility index (Phi) is 2.05. The van der Waals surface area contributed by atoms with Crippen LogP contribution in [0.1, 0.15) is 27.2 Å². The lowest BCUT2D eigenvalue weighted by atomic mass is 9.94. The summed E-state index contributed by atoms with van der Waals surface area (Å²) in [6.45, 7) is 6.27. The zero-order chi connectivity index (χ0) is 7.72. The molecule has 1 aliphatic carbocycles. The zero-order valence-corrected chi connectivity index (χ0v) is 7.43. The summed E-state index contributed by atoms with van der Waals surface area (Å²) in [5.74, 6) is 0. The van der Waals surface area contributed by atoms with Gasteiger partial charge in [0, 0.05) is 11.3 Å². The van der Waals surface area contributed by atoms with Crippen LogP contribution in [0.2, 0.25) is 0 Å². The maximum atomic E-state index is 5.12. The molecule has 0 nitrogen and oxygen atoms in total. The predicted octanol–water partition coefficient (Wildman–Crippen LogP) is 2.85. The lowest BCUT2D eigenvalue weighted by molar-refractivity contribution is 1.19. The number of hydrogen-bond acceptors (Lipinski definition) is 1. The SMILES string of the molecule is CC1=[C]CC(=S)C(C)=C1C. The summed E-state index contributed by atoms with van der Waals surface area (Å²) in [5.41, 5.74) is 3.83. The minimum atomic E-state index is 0.838. The van der Waals surface area contributed by atoms with Gasteiger partial charge in [0.15, 0.2) is 0 Å². The Hall–Kier alpha value is -0.430. The molecule has 1 aliphatic rings. The molecule has 0 saturated heterocycles. The van der Waals surface area contributed by atoms with Crippen molar-refractivity contribution in [2.45, 2.75) is 27.2 Å². The molecule has 1 heteroatoms. The molecule has 0 spiro atoms. The Bertz CT molecular complexity index is 227. The van der Waals surface area contributed by atoms with Crippen LogP contribution >= 0.6 is 12.2 Å². The highest BCUT2D eigenvalue weighted by molar-refractivity contribution is 7.80. The third-order valence-corrected chi connectivity index (χ3v) is 2.51. The molecule has 0 bridgehead atoms. The molecule has 0 aromatic heterocycles. The van der Waals surface area contributed by atoms with E-state index in [1.54, 1.807) is 0 Å². The Morgan fingerprint density at radius 2 is 1.80 bits per heavy atom. The van der Waals surface area contributed by atoms with Crippen molar-refractivity contribution in [3.05, 3.63) is 22.8 Å². The van der Waals surface area contributed by atoms with E-state index in [1.165, 1.54) is 16.7 Å². The molecule has 0 heterocycles. The van der Waals surface area contributed by atoms with Crippen LogP contribution in [0.4, 0.5) is 0 Å². The number of rotatable bonds is 0. The van der Waals surface area contributed by atoms with Crippen molar-refractivity contribution < 1.29 is 0 Å². The summed E-state index contributed by atoms with van der Waals surface area (Å²) in [6, 6.07) is 0. The maximum absolute atomic E-state index is 5.12. The molecule has 0 unspecified atom stereocenters. The van der Waals surface area contributed by atoms with Crippen LogP contribution in [0.25, 0.3) is 0 Å². The lowest BCUT2D eigenvalue weighted by Crippen LogP contribution is -2.04. The van der Waals surface area contributed by atoms with Gasteiger partial charge in [0.2, 0.25) is 0 Å². The van der Waals surface area contributed by atoms with Crippen molar-refractivity contribution >= 4 is 17.1 Å². The minimum absolute atomic E-state index is 0.838. The van der Waals surface area contributed by atoms with Crippen molar-refractivity contribution in [2.75, 3.05) is 0 Å². The Morgan fingerprint density at radius 1 is 1.20 bits per heavy atom. The highest BCUT2D eigenvalue weighted by Gasteiger charge is 2.09. The fourth-order valence-corrected chi connectivity index (χ4v) is 1.19.